The van der Waals surface area contributed by atoms with E-state index < -0.39 is 10.4 Å². The summed E-state index contributed by atoms with van der Waals surface area (Å²) in [5.74, 6) is 0. The van der Waals surface area contributed by atoms with Gasteiger partial charge in [0.15, 0.2) is 0 Å². The van der Waals surface area contributed by atoms with Gasteiger partial charge in [-0.2, -0.15) is 4.57 Å². The zero-order chi connectivity index (χ0) is 20.6. The Morgan fingerprint density at radius 2 is 1.79 bits per heavy atom. The fourth-order valence-electron chi connectivity index (χ4n) is 2.64. The second kappa shape index (κ2) is 8.19. The first kappa shape index (κ1) is 21.4. The van der Waals surface area contributed by atoms with E-state index in [1.54, 1.807) is 23.1 Å². The highest BCUT2D eigenvalue weighted by Gasteiger charge is 2.24. The highest BCUT2D eigenvalue weighted by molar-refractivity contribution is 8.03. The lowest BCUT2D eigenvalue weighted by Gasteiger charge is -2.12. The van der Waals surface area contributed by atoms with Gasteiger partial charge in [-0.1, -0.05) is 46.3 Å². The van der Waals surface area contributed by atoms with Crippen molar-refractivity contribution >= 4 is 78.7 Å². The van der Waals surface area contributed by atoms with Gasteiger partial charge in [-0.05, 0) is 30.3 Å². The number of nitrogens with zero attached hydrogens (tertiary/aromatic N) is 2. The molecule has 6 nitrogen and oxygen atoms in total. The average molecular weight is 477 g/mol. The minimum atomic E-state index is -4.92. The maximum absolute atomic E-state index is 8.63. The maximum atomic E-state index is 8.63. The summed E-state index contributed by atoms with van der Waals surface area (Å²) in [6.45, 7) is 0. The molecule has 3 aromatic rings. The van der Waals surface area contributed by atoms with Gasteiger partial charge in [-0.3, -0.25) is 4.55 Å². The summed E-state index contributed by atoms with van der Waals surface area (Å²) in [5.41, 5.74) is 2.35. The predicted molar refractivity (Wildman–Crippen MR) is 114 cm³/mol. The van der Waals surface area contributed by atoms with Crippen molar-refractivity contribution in [3.8, 4) is 0 Å². The molecule has 0 unspecified atom stereocenters. The van der Waals surface area contributed by atoms with Gasteiger partial charge in [0.05, 0.1) is 16.8 Å². The lowest BCUT2D eigenvalue weighted by atomic mass is 10.3. The number of fused-ring (bicyclic) bond motifs is 2. The number of rotatable bonds is 1. The van der Waals surface area contributed by atoms with E-state index in [0.29, 0.717) is 0 Å². The van der Waals surface area contributed by atoms with Crippen LogP contribution in [0.15, 0.2) is 46.3 Å². The van der Waals surface area contributed by atoms with Crippen molar-refractivity contribution in [2.45, 2.75) is 4.90 Å². The lowest BCUT2D eigenvalue weighted by Crippen LogP contribution is -2.29. The summed E-state index contributed by atoms with van der Waals surface area (Å²) in [7, 11) is -0.756. The Hall–Kier alpha value is -1.33. The first-order chi connectivity index (χ1) is 13.0. The molecule has 0 amide bonds. The number of benzene rings is 2. The quantitative estimate of drug-likeness (QED) is 0.314. The van der Waals surface area contributed by atoms with Crippen LogP contribution in [0.4, 0.5) is 5.69 Å². The van der Waals surface area contributed by atoms with Gasteiger partial charge in [0.2, 0.25) is 15.9 Å². The summed E-state index contributed by atoms with van der Waals surface area (Å²) in [6, 6.07) is 12.0. The highest BCUT2D eigenvalue weighted by atomic mass is 35.5. The zero-order valence-electron chi connectivity index (χ0n) is 14.6. The fraction of sp³-hybridized carbons (Fsp3) is 0.118. The van der Waals surface area contributed by atoms with Gasteiger partial charge < -0.3 is 9.45 Å². The van der Waals surface area contributed by atoms with Crippen molar-refractivity contribution in [1.29, 1.82) is 0 Å². The number of aryl methyl sites for hydroxylation is 1. The van der Waals surface area contributed by atoms with Crippen LogP contribution in [-0.4, -0.2) is 24.6 Å². The summed E-state index contributed by atoms with van der Waals surface area (Å²) in [5, 5.41) is 3.92. The lowest BCUT2D eigenvalue weighted by molar-refractivity contribution is -0.642. The molecule has 0 aliphatic carbocycles. The molecule has 148 valence electrons. The Morgan fingerprint density at radius 1 is 1.18 bits per heavy atom. The van der Waals surface area contributed by atoms with E-state index in [4.69, 9.17) is 40.7 Å². The Morgan fingerprint density at radius 3 is 2.46 bits per heavy atom. The molecule has 2 aromatic carbocycles. The molecule has 0 saturated carbocycles. The van der Waals surface area contributed by atoms with E-state index in [1.807, 2.05) is 24.3 Å². The third-order valence-electron chi connectivity index (χ3n) is 3.90. The first-order valence-electron chi connectivity index (χ1n) is 7.72. The molecule has 2 heterocycles. The average Bonchev–Trinajstić information content (AvgIpc) is 3.04. The van der Waals surface area contributed by atoms with E-state index in [2.05, 4.69) is 41.8 Å². The van der Waals surface area contributed by atoms with E-state index in [9.17, 15) is 0 Å². The van der Waals surface area contributed by atoms with Gasteiger partial charge in [0.25, 0.3) is 5.01 Å². The molecule has 1 aliphatic rings. The van der Waals surface area contributed by atoms with Crippen LogP contribution in [0.3, 0.4) is 0 Å². The number of anilines is 1. The molecule has 0 spiro atoms. The zero-order valence-corrected chi connectivity index (χ0v) is 18.5. The Balaban J connectivity index is 0.000000403. The fourth-order valence-corrected chi connectivity index (χ4v) is 5.32. The van der Waals surface area contributed by atoms with Gasteiger partial charge in [-0.15, -0.1) is 0 Å². The van der Waals surface area contributed by atoms with Gasteiger partial charge >= 0.3 is 0 Å². The molecule has 1 aromatic heterocycles. The van der Waals surface area contributed by atoms with Crippen LogP contribution < -0.4 is 9.47 Å². The summed E-state index contributed by atoms with van der Waals surface area (Å²) < 4.78 is 36.2. The molecule has 0 atom stereocenters. The monoisotopic (exact) mass is 476 g/mol. The summed E-state index contributed by atoms with van der Waals surface area (Å²) >= 11 is 15.7. The molecular weight excluding hydrogens is 463 g/mol. The molecule has 1 aliphatic heterocycles. The number of thiazole rings is 1. The van der Waals surface area contributed by atoms with E-state index in [0.717, 1.165) is 15.7 Å². The molecule has 0 radical (unpaired) electrons. The van der Waals surface area contributed by atoms with Crippen LogP contribution in [0.5, 0.6) is 0 Å². The third kappa shape index (κ3) is 4.98. The van der Waals surface area contributed by atoms with Crippen LogP contribution in [0.1, 0.15) is 5.01 Å². The van der Waals surface area contributed by atoms with Crippen molar-refractivity contribution < 1.29 is 22.1 Å². The number of aromatic nitrogens is 1. The standard InChI is InChI=1S/C17H13Cl2N2S2.H2O4S/c1-20-12-5-3-11(19)8-15(12)23-16(20)9-17-21(2)13-7-10(18)4-6-14(13)22-17;1-5(2,3)4/h3-9H,1-2H3;(H2,1,2,3,4)/q+1;/p-1. The number of hydrogen-bond donors (Lipinski definition) is 1. The molecule has 4 rings (SSSR count). The molecule has 0 saturated heterocycles. The SMILES string of the molecule is CN1/C(=C/c2sc3cc(Cl)ccc3[n+]2C)Sc2ccc(Cl)cc21.O=S(=O)([O-])O. The smallest absolute Gasteiger partial charge is 0.265 e. The molecule has 0 fully saturated rings. The third-order valence-corrected chi connectivity index (χ3v) is 6.69. The van der Waals surface area contributed by atoms with Crippen LogP contribution in [0, 0.1) is 0 Å². The van der Waals surface area contributed by atoms with Crippen LogP contribution in [-0.2, 0) is 17.4 Å². The summed E-state index contributed by atoms with van der Waals surface area (Å²) in [6.07, 6.45) is 2.22. The Bertz CT molecular complexity index is 1180. The van der Waals surface area contributed by atoms with Crippen molar-refractivity contribution in [3.63, 3.8) is 0 Å². The minimum Gasteiger partial charge on any atom is -0.726 e. The first-order valence-corrected chi connectivity index (χ1v) is 11.5. The van der Waals surface area contributed by atoms with Crippen molar-refractivity contribution in [2.75, 3.05) is 11.9 Å². The van der Waals surface area contributed by atoms with Crippen LogP contribution in [0.25, 0.3) is 16.3 Å². The second-order valence-corrected chi connectivity index (χ2v) is 9.65. The van der Waals surface area contributed by atoms with E-state index in [-0.39, 0.29) is 0 Å². The largest absolute Gasteiger partial charge is 0.726 e. The molecule has 11 heteroatoms. The highest BCUT2D eigenvalue weighted by Crippen LogP contribution is 2.46. The topological polar surface area (TPSA) is 84.6 Å². The Kier molecular flexibility index (Phi) is 6.26. The molecule has 1 N–H and O–H groups in total. The van der Waals surface area contributed by atoms with Crippen molar-refractivity contribution in [1.82, 2.24) is 0 Å². The van der Waals surface area contributed by atoms with Gasteiger partial charge in [-0.25, -0.2) is 8.42 Å². The maximum Gasteiger partial charge on any atom is 0.265 e. The summed E-state index contributed by atoms with van der Waals surface area (Å²) in [4.78, 5) is 3.42. The molecular formula is C17H14Cl2N2O4S3. The Labute approximate surface area is 180 Å². The minimum absolute atomic E-state index is 0.763. The normalized spacial score (nSPS) is 14.9. The van der Waals surface area contributed by atoms with Crippen molar-refractivity contribution in [2.24, 2.45) is 7.05 Å². The predicted octanol–water partition coefficient (Wildman–Crippen LogP) is 4.58. The number of thioether (sulfide) groups is 1. The molecule has 0 bridgehead atoms. The number of hydrogen-bond acceptors (Lipinski definition) is 6. The van der Waals surface area contributed by atoms with Crippen molar-refractivity contribution in [3.05, 3.63) is 56.5 Å². The van der Waals surface area contributed by atoms with Crippen LogP contribution in [0.2, 0.25) is 10.0 Å². The van der Waals surface area contributed by atoms with Gasteiger partial charge in [0.1, 0.15) is 11.7 Å². The van der Waals surface area contributed by atoms with E-state index >= 15 is 0 Å². The molecule has 28 heavy (non-hydrogen) atoms. The van der Waals surface area contributed by atoms with Gasteiger partial charge in [0, 0.05) is 28.1 Å². The van der Waals surface area contributed by atoms with Crippen LogP contribution >= 0.6 is 46.3 Å². The second-order valence-electron chi connectivity index (χ2n) is 5.79. The van der Waals surface area contributed by atoms with E-state index in [1.165, 1.54) is 25.1 Å². The number of halogens is 2.